The summed E-state index contributed by atoms with van der Waals surface area (Å²) in [6.07, 6.45) is 2.27. The van der Waals surface area contributed by atoms with Crippen molar-refractivity contribution >= 4 is 0 Å². The van der Waals surface area contributed by atoms with Gasteiger partial charge in [-0.05, 0) is 24.2 Å². The van der Waals surface area contributed by atoms with Crippen LogP contribution in [0.5, 0.6) is 0 Å². The van der Waals surface area contributed by atoms with Gasteiger partial charge in [0.15, 0.2) is 0 Å². The molecule has 0 radical (unpaired) electrons. The monoisotopic (exact) mass is 152 g/mol. The van der Waals surface area contributed by atoms with E-state index in [2.05, 4.69) is 20.4 Å². The Labute approximate surface area is 68.1 Å². The lowest BCUT2D eigenvalue weighted by Crippen LogP contribution is -2.24. The van der Waals surface area contributed by atoms with Crippen LogP contribution in [-0.4, -0.2) is 11.2 Å². The van der Waals surface area contributed by atoms with Crippen molar-refractivity contribution in [1.82, 2.24) is 0 Å². The Morgan fingerprint density at radius 1 is 1.45 bits per heavy atom. The van der Waals surface area contributed by atoms with Crippen LogP contribution in [0.15, 0.2) is 12.2 Å². The van der Waals surface area contributed by atoms with Crippen molar-refractivity contribution < 1.29 is 5.11 Å². The third-order valence-corrected chi connectivity index (χ3v) is 3.82. The van der Waals surface area contributed by atoms with Crippen LogP contribution in [0.4, 0.5) is 0 Å². The van der Waals surface area contributed by atoms with E-state index in [4.69, 9.17) is 0 Å². The summed E-state index contributed by atoms with van der Waals surface area (Å²) in [5.74, 6) is 0.898. The zero-order valence-corrected chi connectivity index (χ0v) is 7.30. The van der Waals surface area contributed by atoms with Crippen LogP contribution in [0, 0.1) is 17.3 Å². The first-order valence-corrected chi connectivity index (χ1v) is 4.42. The highest BCUT2D eigenvalue weighted by molar-refractivity contribution is 5.26. The molecule has 3 unspecified atom stereocenters. The Morgan fingerprint density at radius 3 is 2.36 bits per heavy atom. The SMILES string of the molecule is C=C1C2CCC(C2O)C1(C)C. The van der Waals surface area contributed by atoms with Crippen molar-refractivity contribution in [3.63, 3.8) is 0 Å². The van der Waals surface area contributed by atoms with Crippen molar-refractivity contribution in [2.75, 3.05) is 0 Å². The quantitative estimate of drug-likeness (QED) is 0.526. The third kappa shape index (κ3) is 0.698. The molecule has 0 heterocycles. The van der Waals surface area contributed by atoms with E-state index in [9.17, 15) is 5.11 Å². The van der Waals surface area contributed by atoms with Gasteiger partial charge in [0.2, 0.25) is 0 Å². The summed E-state index contributed by atoms with van der Waals surface area (Å²) in [6, 6.07) is 0. The van der Waals surface area contributed by atoms with Crippen molar-refractivity contribution in [3.8, 4) is 0 Å². The number of aliphatic hydroxyl groups excluding tert-OH is 1. The van der Waals surface area contributed by atoms with E-state index in [-0.39, 0.29) is 11.5 Å². The zero-order chi connectivity index (χ0) is 8.22. The van der Waals surface area contributed by atoms with Crippen LogP contribution in [0.3, 0.4) is 0 Å². The number of fused-ring (bicyclic) bond motifs is 2. The summed E-state index contributed by atoms with van der Waals surface area (Å²) >= 11 is 0. The number of hydrogen-bond donors (Lipinski definition) is 1. The van der Waals surface area contributed by atoms with E-state index < -0.39 is 0 Å². The van der Waals surface area contributed by atoms with Crippen LogP contribution in [0.1, 0.15) is 26.7 Å². The molecule has 2 rings (SSSR count). The average molecular weight is 152 g/mol. The standard InChI is InChI=1S/C10H16O/c1-6-7-4-5-8(9(7)11)10(6,2)3/h7-9,11H,1,4-5H2,2-3H3. The molecule has 3 atom stereocenters. The van der Waals surface area contributed by atoms with Gasteiger partial charge in [-0.1, -0.05) is 26.0 Å². The molecule has 0 amide bonds. The molecule has 1 nitrogen and oxygen atoms in total. The molecule has 0 aromatic heterocycles. The maximum Gasteiger partial charge on any atom is 0.0641 e. The molecular weight excluding hydrogens is 136 g/mol. The second-order valence-corrected chi connectivity index (χ2v) is 4.53. The van der Waals surface area contributed by atoms with Crippen LogP contribution in [0.25, 0.3) is 0 Å². The molecule has 2 aliphatic rings. The Hall–Kier alpha value is -0.300. The van der Waals surface area contributed by atoms with Crippen molar-refractivity contribution in [2.24, 2.45) is 17.3 Å². The number of aliphatic hydroxyl groups is 1. The fourth-order valence-corrected chi connectivity index (χ4v) is 2.87. The summed E-state index contributed by atoms with van der Waals surface area (Å²) < 4.78 is 0. The Morgan fingerprint density at radius 2 is 2.09 bits per heavy atom. The first kappa shape index (κ1) is 7.35. The first-order valence-electron chi connectivity index (χ1n) is 4.42. The van der Waals surface area contributed by atoms with E-state index >= 15 is 0 Å². The van der Waals surface area contributed by atoms with Crippen LogP contribution < -0.4 is 0 Å². The van der Waals surface area contributed by atoms with Gasteiger partial charge >= 0.3 is 0 Å². The van der Waals surface area contributed by atoms with Crippen molar-refractivity contribution in [3.05, 3.63) is 12.2 Å². The molecule has 0 spiro atoms. The fourth-order valence-electron chi connectivity index (χ4n) is 2.87. The van der Waals surface area contributed by atoms with E-state index in [1.165, 1.54) is 12.0 Å². The molecule has 2 saturated carbocycles. The zero-order valence-electron chi connectivity index (χ0n) is 7.30. The minimum atomic E-state index is -0.0856. The van der Waals surface area contributed by atoms with Gasteiger partial charge in [0, 0.05) is 5.92 Å². The van der Waals surface area contributed by atoms with E-state index in [0.29, 0.717) is 11.8 Å². The number of hydrogen-bond acceptors (Lipinski definition) is 1. The highest BCUT2D eigenvalue weighted by Crippen LogP contribution is 2.58. The summed E-state index contributed by atoms with van der Waals surface area (Å²) in [5.41, 5.74) is 1.48. The molecule has 0 aliphatic heterocycles. The smallest absolute Gasteiger partial charge is 0.0641 e. The summed E-state index contributed by atoms with van der Waals surface area (Å²) in [5, 5.41) is 9.77. The van der Waals surface area contributed by atoms with Crippen molar-refractivity contribution in [2.45, 2.75) is 32.8 Å². The third-order valence-electron chi connectivity index (χ3n) is 3.82. The summed E-state index contributed by atoms with van der Waals surface area (Å²) in [7, 11) is 0. The predicted molar refractivity (Wildman–Crippen MR) is 45.1 cm³/mol. The lowest BCUT2D eigenvalue weighted by atomic mass is 9.73. The van der Waals surface area contributed by atoms with Gasteiger partial charge in [-0.15, -0.1) is 0 Å². The summed E-state index contributed by atoms with van der Waals surface area (Å²) in [4.78, 5) is 0. The van der Waals surface area contributed by atoms with Crippen LogP contribution >= 0.6 is 0 Å². The lowest BCUT2D eigenvalue weighted by Gasteiger charge is -2.31. The van der Waals surface area contributed by atoms with Crippen molar-refractivity contribution in [1.29, 1.82) is 0 Å². The van der Waals surface area contributed by atoms with Gasteiger partial charge in [-0.25, -0.2) is 0 Å². The van der Waals surface area contributed by atoms with E-state index in [0.717, 1.165) is 6.42 Å². The lowest BCUT2D eigenvalue weighted by molar-refractivity contribution is 0.104. The molecule has 2 aliphatic carbocycles. The molecule has 0 saturated heterocycles. The van der Waals surface area contributed by atoms with Gasteiger partial charge in [0.25, 0.3) is 0 Å². The molecule has 2 bridgehead atoms. The normalized spacial score (nSPS) is 46.8. The second kappa shape index (κ2) is 1.89. The topological polar surface area (TPSA) is 20.2 Å². The van der Waals surface area contributed by atoms with E-state index in [1.807, 2.05) is 0 Å². The van der Waals surface area contributed by atoms with Crippen LogP contribution in [0.2, 0.25) is 0 Å². The molecule has 0 aromatic rings. The Balaban J connectivity index is 2.38. The van der Waals surface area contributed by atoms with Gasteiger partial charge in [0.1, 0.15) is 0 Å². The molecule has 2 fully saturated rings. The first-order chi connectivity index (χ1) is 5.05. The average Bonchev–Trinajstić information content (AvgIpc) is 2.34. The Bertz CT molecular complexity index is 205. The molecule has 1 heteroatoms. The molecule has 11 heavy (non-hydrogen) atoms. The predicted octanol–water partition coefficient (Wildman–Crippen LogP) is 1.97. The Kier molecular flexibility index (Phi) is 1.26. The molecular formula is C10H16O. The number of rotatable bonds is 0. The largest absolute Gasteiger partial charge is 0.392 e. The summed E-state index contributed by atoms with van der Waals surface area (Å²) in [6.45, 7) is 8.50. The van der Waals surface area contributed by atoms with Gasteiger partial charge < -0.3 is 5.11 Å². The van der Waals surface area contributed by atoms with E-state index in [1.54, 1.807) is 0 Å². The van der Waals surface area contributed by atoms with Crippen LogP contribution in [-0.2, 0) is 0 Å². The second-order valence-electron chi connectivity index (χ2n) is 4.53. The minimum Gasteiger partial charge on any atom is -0.392 e. The fraction of sp³-hybridized carbons (Fsp3) is 0.800. The maximum absolute atomic E-state index is 9.77. The molecule has 1 N–H and O–H groups in total. The highest BCUT2D eigenvalue weighted by atomic mass is 16.3. The minimum absolute atomic E-state index is 0.0856. The molecule has 62 valence electrons. The maximum atomic E-state index is 9.77. The van der Waals surface area contributed by atoms with Gasteiger partial charge in [0.05, 0.1) is 6.10 Å². The molecule has 0 aromatic carbocycles. The van der Waals surface area contributed by atoms with Gasteiger partial charge in [-0.3, -0.25) is 0 Å². The highest BCUT2D eigenvalue weighted by Gasteiger charge is 2.54. The van der Waals surface area contributed by atoms with Gasteiger partial charge in [-0.2, -0.15) is 0 Å².